The van der Waals surface area contributed by atoms with E-state index in [2.05, 4.69) is 27.9 Å². The van der Waals surface area contributed by atoms with E-state index in [1.54, 1.807) is 0 Å². The van der Waals surface area contributed by atoms with E-state index in [9.17, 15) is 4.79 Å². The molecule has 1 amide bonds. The van der Waals surface area contributed by atoms with Crippen molar-refractivity contribution >= 4 is 28.7 Å². The molecule has 1 fully saturated rings. The molecule has 4 nitrogen and oxygen atoms in total. The monoisotopic (exact) mass is 423 g/mol. The van der Waals surface area contributed by atoms with Gasteiger partial charge >= 0.3 is 6.09 Å². The molecule has 1 saturated heterocycles. The van der Waals surface area contributed by atoms with Crippen LogP contribution in [-0.4, -0.2) is 22.7 Å². The van der Waals surface area contributed by atoms with Crippen molar-refractivity contribution in [2.45, 2.75) is 22.7 Å². The number of rotatable bonds is 4. The van der Waals surface area contributed by atoms with Crippen molar-refractivity contribution < 1.29 is 14.3 Å². The molecule has 0 unspecified atom stereocenters. The molecule has 0 aromatic heterocycles. The lowest BCUT2D eigenvalue weighted by atomic mass is 10.1. The number of halogens is 1. The van der Waals surface area contributed by atoms with Crippen molar-refractivity contribution in [3.63, 3.8) is 0 Å². The molecule has 0 spiro atoms. The minimum absolute atomic E-state index is 0.00350. The molecule has 2 aromatic carbocycles. The van der Waals surface area contributed by atoms with Crippen LogP contribution in [0.15, 0.2) is 60.7 Å². The van der Waals surface area contributed by atoms with Crippen molar-refractivity contribution in [3.8, 4) is 0 Å². The number of alkyl halides is 1. The van der Waals surface area contributed by atoms with Crippen molar-refractivity contribution in [1.29, 1.82) is 0 Å². The van der Waals surface area contributed by atoms with E-state index in [0.29, 0.717) is 6.61 Å². The van der Waals surface area contributed by atoms with Gasteiger partial charge in [0.25, 0.3) is 0 Å². The van der Waals surface area contributed by atoms with Gasteiger partial charge in [-0.1, -0.05) is 83.3 Å². The number of nitrogens with one attached hydrogen (secondary N) is 1. The van der Waals surface area contributed by atoms with Crippen LogP contribution in [-0.2, 0) is 16.1 Å². The number of benzene rings is 2. The van der Waals surface area contributed by atoms with Crippen LogP contribution in [0.2, 0.25) is 0 Å². The molecule has 120 valence electrons. The summed E-state index contributed by atoms with van der Waals surface area (Å²) in [4.78, 5) is 12.0. The molecule has 1 heterocycles. The summed E-state index contributed by atoms with van der Waals surface area (Å²) in [6.45, 7) is 0.766. The Balaban J connectivity index is 1.51. The third-order valence-corrected chi connectivity index (χ3v) is 5.29. The number of carbonyl (C=O) groups is 1. The standard InChI is InChI=1S/C18H18INO3/c19-16-15(12-22-17(16)14-9-5-2-6-10-14)20-18(21)23-11-13-7-3-1-4-8-13/h1-10,15-17H,11-12H2,(H,20,21)/t15-,16-,17+/m0/s1. The number of hydrogen-bond donors (Lipinski definition) is 1. The Morgan fingerprint density at radius 1 is 1.13 bits per heavy atom. The van der Waals surface area contributed by atoms with Crippen LogP contribution in [0.3, 0.4) is 0 Å². The topological polar surface area (TPSA) is 47.6 Å². The van der Waals surface area contributed by atoms with Crippen LogP contribution in [0.5, 0.6) is 0 Å². The molecule has 1 N–H and O–H groups in total. The van der Waals surface area contributed by atoms with Gasteiger partial charge in [0.05, 0.1) is 22.7 Å². The van der Waals surface area contributed by atoms with Gasteiger partial charge in [-0.2, -0.15) is 0 Å². The lowest BCUT2D eigenvalue weighted by Crippen LogP contribution is -2.40. The molecule has 0 radical (unpaired) electrons. The second-order valence-corrected chi connectivity index (χ2v) is 6.86. The summed E-state index contributed by atoms with van der Waals surface area (Å²) < 4.78 is 11.3. The lowest BCUT2D eigenvalue weighted by Gasteiger charge is -2.18. The molecule has 23 heavy (non-hydrogen) atoms. The van der Waals surface area contributed by atoms with E-state index in [4.69, 9.17) is 9.47 Å². The molecule has 3 rings (SSSR count). The predicted molar refractivity (Wildman–Crippen MR) is 96.5 cm³/mol. The Labute approximate surface area is 149 Å². The number of alkyl carbamates (subject to hydrolysis) is 1. The smallest absolute Gasteiger partial charge is 0.407 e. The molecule has 2 aromatic rings. The Morgan fingerprint density at radius 3 is 2.48 bits per heavy atom. The van der Waals surface area contributed by atoms with Gasteiger partial charge in [-0.3, -0.25) is 0 Å². The Hall–Kier alpha value is -1.60. The van der Waals surface area contributed by atoms with E-state index in [-0.39, 0.29) is 22.7 Å². The zero-order chi connectivity index (χ0) is 16.1. The second kappa shape index (κ2) is 7.79. The fourth-order valence-corrected chi connectivity index (χ4v) is 3.57. The third kappa shape index (κ3) is 4.23. The number of carbonyl (C=O) groups excluding carboxylic acids is 1. The normalized spacial score (nSPS) is 23.4. The van der Waals surface area contributed by atoms with Crippen molar-refractivity contribution in [3.05, 3.63) is 71.8 Å². The van der Waals surface area contributed by atoms with Crippen molar-refractivity contribution in [2.75, 3.05) is 6.61 Å². The number of amides is 1. The summed E-state index contributed by atoms with van der Waals surface area (Å²) in [5.41, 5.74) is 2.10. The van der Waals surface area contributed by atoms with E-state index in [1.807, 2.05) is 60.7 Å². The highest BCUT2D eigenvalue weighted by Gasteiger charge is 2.37. The largest absolute Gasteiger partial charge is 0.445 e. The molecule has 3 atom stereocenters. The Morgan fingerprint density at radius 2 is 1.78 bits per heavy atom. The quantitative estimate of drug-likeness (QED) is 0.601. The van der Waals surface area contributed by atoms with Crippen LogP contribution in [0.1, 0.15) is 17.2 Å². The van der Waals surface area contributed by atoms with Gasteiger partial charge in [0.1, 0.15) is 6.61 Å². The summed E-state index contributed by atoms with van der Waals surface area (Å²) in [5, 5.41) is 2.90. The molecule has 5 heteroatoms. The van der Waals surface area contributed by atoms with Gasteiger partial charge in [0.15, 0.2) is 0 Å². The van der Waals surface area contributed by atoms with Gasteiger partial charge in [-0.15, -0.1) is 0 Å². The van der Waals surface area contributed by atoms with E-state index < -0.39 is 6.09 Å². The number of ether oxygens (including phenoxy) is 2. The maximum absolute atomic E-state index is 12.0. The summed E-state index contributed by atoms with van der Waals surface area (Å²) in [5.74, 6) is 0. The summed E-state index contributed by atoms with van der Waals surface area (Å²) in [7, 11) is 0. The van der Waals surface area contributed by atoms with Crippen molar-refractivity contribution in [2.24, 2.45) is 0 Å². The molecule has 0 bridgehead atoms. The average molecular weight is 423 g/mol. The molecule has 1 aliphatic rings. The van der Waals surface area contributed by atoms with E-state index >= 15 is 0 Å². The first-order chi connectivity index (χ1) is 11.2. The summed E-state index contributed by atoms with van der Waals surface area (Å²) in [6.07, 6.45) is -0.408. The zero-order valence-electron chi connectivity index (χ0n) is 12.5. The summed E-state index contributed by atoms with van der Waals surface area (Å²) in [6, 6.07) is 19.7. The van der Waals surface area contributed by atoms with E-state index in [1.165, 1.54) is 0 Å². The Kier molecular flexibility index (Phi) is 5.51. The first-order valence-electron chi connectivity index (χ1n) is 7.52. The Bertz CT molecular complexity index is 635. The molecule has 0 saturated carbocycles. The maximum atomic E-state index is 12.0. The SMILES string of the molecule is O=C(N[C@H]1CO[C@H](c2ccccc2)[C@H]1I)OCc1ccccc1. The molecular weight excluding hydrogens is 405 g/mol. The second-order valence-electron chi connectivity index (χ2n) is 5.42. The highest BCUT2D eigenvalue weighted by molar-refractivity contribution is 14.1. The predicted octanol–water partition coefficient (Wildman–Crippen LogP) is 3.86. The van der Waals surface area contributed by atoms with E-state index in [0.717, 1.165) is 11.1 Å². The van der Waals surface area contributed by atoms with Crippen molar-refractivity contribution in [1.82, 2.24) is 5.32 Å². The van der Waals surface area contributed by atoms with Crippen LogP contribution in [0.25, 0.3) is 0 Å². The van der Waals surface area contributed by atoms with Crippen LogP contribution in [0.4, 0.5) is 4.79 Å². The molecular formula is C18H18INO3. The molecule has 1 aliphatic heterocycles. The van der Waals surface area contributed by atoms with Gasteiger partial charge < -0.3 is 14.8 Å². The minimum Gasteiger partial charge on any atom is -0.445 e. The zero-order valence-corrected chi connectivity index (χ0v) is 14.7. The lowest BCUT2D eigenvalue weighted by molar-refractivity contribution is 0.108. The van der Waals surface area contributed by atoms with Gasteiger partial charge in [-0.25, -0.2) is 4.79 Å². The first kappa shape index (κ1) is 16.3. The fraction of sp³-hybridized carbons (Fsp3) is 0.278. The van der Waals surface area contributed by atoms with Crippen LogP contribution < -0.4 is 5.32 Å². The maximum Gasteiger partial charge on any atom is 0.407 e. The minimum atomic E-state index is -0.405. The number of hydrogen-bond acceptors (Lipinski definition) is 3. The highest BCUT2D eigenvalue weighted by Crippen LogP contribution is 2.34. The van der Waals surface area contributed by atoms with Crippen LogP contribution in [0, 0.1) is 0 Å². The summed E-state index contributed by atoms with van der Waals surface area (Å²) >= 11 is 2.34. The van der Waals surface area contributed by atoms with Gasteiger partial charge in [0, 0.05) is 0 Å². The fourth-order valence-electron chi connectivity index (χ4n) is 2.56. The molecule has 0 aliphatic carbocycles. The van der Waals surface area contributed by atoms with Gasteiger partial charge in [0.2, 0.25) is 0 Å². The highest BCUT2D eigenvalue weighted by atomic mass is 127. The van der Waals surface area contributed by atoms with Gasteiger partial charge in [-0.05, 0) is 11.1 Å². The third-order valence-electron chi connectivity index (χ3n) is 3.77. The van der Waals surface area contributed by atoms with Crippen LogP contribution >= 0.6 is 22.6 Å². The average Bonchev–Trinajstić information content (AvgIpc) is 2.95. The first-order valence-corrected chi connectivity index (χ1v) is 8.76.